The van der Waals surface area contributed by atoms with Gasteiger partial charge in [0, 0.05) is 4.88 Å². The van der Waals surface area contributed by atoms with Crippen molar-refractivity contribution in [2.24, 2.45) is 0 Å². The number of ether oxygens (including phenoxy) is 1. The molecule has 3 nitrogen and oxygen atoms in total. The van der Waals surface area contributed by atoms with Crippen LogP contribution in [0, 0.1) is 0 Å². The van der Waals surface area contributed by atoms with Gasteiger partial charge in [-0.25, -0.2) is 0 Å². The molecule has 0 aliphatic carbocycles. The fourth-order valence-corrected chi connectivity index (χ4v) is 2.79. The molecule has 0 fully saturated rings. The normalized spacial score (nSPS) is 19.7. The number of fused-ring (bicyclic) bond motifs is 1. The molecule has 84 valence electrons. The predicted octanol–water partition coefficient (Wildman–Crippen LogP) is 2.95. The standard InChI is InChI=1S/C11H11ClN2OS/c12-5-8-4-9-7-15-10(6-14(9)13-8)11-2-1-3-16-11/h1-4,10H,5-7H2/t10-/m0/s1. The van der Waals surface area contributed by atoms with Gasteiger partial charge in [-0.15, -0.1) is 22.9 Å². The Kier molecular flexibility index (Phi) is 2.71. The molecule has 0 amide bonds. The fourth-order valence-electron chi connectivity index (χ4n) is 1.90. The first-order valence-electron chi connectivity index (χ1n) is 5.13. The lowest BCUT2D eigenvalue weighted by Crippen LogP contribution is -2.20. The van der Waals surface area contributed by atoms with Crippen LogP contribution in [0.3, 0.4) is 0 Å². The minimum absolute atomic E-state index is 0.135. The number of halogens is 1. The van der Waals surface area contributed by atoms with Gasteiger partial charge in [0.15, 0.2) is 0 Å². The molecule has 0 spiro atoms. The molecule has 2 aromatic rings. The molecule has 0 unspecified atom stereocenters. The van der Waals surface area contributed by atoms with Crippen LogP contribution in [0.15, 0.2) is 23.6 Å². The molecule has 0 radical (unpaired) electrons. The van der Waals surface area contributed by atoms with Crippen molar-refractivity contribution in [2.45, 2.75) is 25.1 Å². The first-order valence-corrected chi connectivity index (χ1v) is 6.55. The third-order valence-electron chi connectivity index (χ3n) is 2.68. The van der Waals surface area contributed by atoms with Crippen LogP contribution >= 0.6 is 22.9 Å². The van der Waals surface area contributed by atoms with Crippen molar-refractivity contribution in [3.8, 4) is 0 Å². The number of rotatable bonds is 2. The molecule has 0 aromatic carbocycles. The van der Waals surface area contributed by atoms with E-state index in [-0.39, 0.29) is 6.10 Å². The highest BCUT2D eigenvalue weighted by Gasteiger charge is 2.22. The molecule has 1 aliphatic rings. The maximum Gasteiger partial charge on any atom is 0.112 e. The van der Waals surface area contributed by atoms with Gasteiger partial charge < -0.3 is 4.74 Å². The molecule has 3 heterocycles. The van der Waals surface area contributed by atoms with Crippen molar-refractivity contribution in [1.29, 1.82) is 0 Å². The zero-order valence-electron chi connectivity index (χ0n) is 8.60. The van der Waals surface area contributed by atoms with Crippen LogP contribution in [0.25, 0.3) is 0 Å². The van der Waals surface area contributed by atoms with E-state index in [4.69, 9.17) is 16.3 Å². The van der Waals surface area contributed by atoms with Crippen LogP contribution in [-0.4, -0.2) is 9.78 Å². The van der Waals surface area contributed by atoms with Crippen molar-refractivity contribution in [3.63, 3.8) is 0 Å². The second-order valence-corrected chi connectivity index (χ2v) is 5.00. The summed E-state index contributed by atoms with van der Waals surface area (Å²) in [5.41, 5.74) is 2.04. The molecule has 1 atom stereocenters. The van der Waals surface area contributed by atoms with Gasteiger partial charge in [0.1, 0.15) is 6.10 Å². The van der Waals surface area contributed by atoms with Gasteiger partial charge in [-0.3, -0.25) is 4.68 Å². The summed E-state index contributed by atoms with van der Waals surface area (Å²) in [6.07, 6.45) is 0.135. The minimum atomic E-state index is 0.135. The highest BCUT2D eigenvalue weighted by Crippen LogP contribution is 2.29. The van der Waals surface area contributed by atoms with Gasteiger partial charge in [0.25, 0.3) is 0 Å². The minimum Gasteiger partial charge on any atom is -0.364 e. The molecular weight excluding hydrogens is 244 g/mol. The van der Waals surface area contributed by atoms with Gasteiger partial charge in [-0.1, -0.05) is 6.07 Å². The highest BCUT2D eigenvalue weighted by molar-refractivity contribution is 7.10. The zero-order chi connectivity index (χ0) is 11.0. The van der Waals surface area contributed by atoms with Crippen LogP contribution < -0.4 is 0 Å². The van der Waals surface area contributed by atoms with E-state index in [0.717, 1.165) is 17.9 Å². The topological polar surface area (TPSA) is 27.1 Å². The summed E-state index contributed by atoms with van der Waals surface area (Å²) in [6, 6.07) is 6.16. The lowest BCUT2D eigenvalue weighted by Gasteiger charge is -2.23. The van der Waals surface area contributed by atoms with Gasteiger partial charge >= 0.3 is 0 Å². The number of alkyl halides is 1. The van der Waals surface area contributed by atoms with Crippen LogP contribution in [-0.2, 0) is 23.8 Å². The van der Waals surface area contributed by atoms with Gasteiger partial charge in [0.2, 0.25) is 0 Å². The Bertz CT molecular complexity index is 480. The first-order chi connectivity index (χ1) is 7.86. The lowest BCUT2D eigenvalue weighted by molar-refractivity contribution is 0.00101. The molecule has 16 heavy (non-hydrogen) atoms. The maximum absolute atomic E-state index is 5.81. The lowest BCUT2D eigenvalue weighted by atomic mass is 10.2. The first kappa shape index (κ1) is 10.3. The molecule has 0 N–H and O–H groups in total. The van der Waals surface area contributed by atoms with Crippen molar-refractivity contribution in [2.75, 3.05) is 0 Å². The molecule has 1 aliphatic heterocycles. The quantitative estimate of drug-likeness (QED) is 0.771. The highest BCUT2D eigenvalue weighted by atomic mass is 35.5. The fraction of sp³-hybridized carbons (Fsp3) is 0.364. The Morgan fingerprint density at radius 1 is 1.62 bits per heavy atom. The smallest absolute Gasteiger partial charge is 0.112 e. The van der Waals surface area contributed by atoms with Gasteiger partial charge in [-0.05, 0) is 17.5 Å². The monoisotopic (exact) mass is 254 g/mol. The average Bonchev–Trinajstić information content (AvgIpc) is 2.96. The van der Waals surface area contributed by atoms with E-state index < -0.39 is 0 Å². The second kappa shape index (κ2) is 4.20. The number of thiophene rings is 1. The molecule has 0 saturated heterocycles. The molecule has 3 rings (SSSR count). The molecule has 2 aromatic heterocycles. The van der Waals surface area contributed by atoms with Crippen LogP contribution in [0.1, 0.15) is 22.4 Å². The van der Waals surface area contributed by atoms with E-state index in [1.54, 1.807) is 11.3 Å². The Morgan fingerprint density at radius 3 is 3.31 bits per heavy atom. The SMILES string of the molecule is ClCc1cc2n(n1)C[C@@H](c1cccs1)OC2. The largest absolute Gasteiger partial charge is 0.364 e. The van der Waals surface area contributed by atoms with E-state index in [1.165, 1.54) is 4.88 Å². The van der Waals surface area contributed by atoms with Gasteiger partial charge in [0.05, 0.1) is 30.4 Å². The van der Waals surface area contributed by atoms with Crippen LogP contribution in [0.2, 0.25) is 0 Å². The number of hydrogen-bond donors (Lipinski definition) is 0. The Balaban J connectivity index is 1.85. The maximum atomic E-state index is 5.81. The summed E-state index contributed by atoms with van der Waals surface area (Å²) < 4.78 is 7.82. The Hall–Kier alpha value is -0.840. The van der Waals surface area contributed by atoms with Crippen LogP contribution in [0.5, 0.6) is 0 Å². The summed E-state index contributed by atoms with van der Waals surface area (Å²) in [6.45, 7) is 1.40. The summed E-state index contributed by atoms with van der Waals surface area (Å²) >= 11 is 7.49. The third-order valence-corrected chi connectivity index (χ3v) is 3.92. The second-order valence-electron chi connectivity index (χ2n) is 3.76. The van der Waals surface area contributed by atoms with E-state index in [1.807, 2.05) is 16.8 Å². The average molecular weight is 255 g/mol. The summed E-state index contributed by atoms with van der Waals surface area (Å²) in [5.74, 6) is 0.462. The zero-order valence-corrected chi connectivity index (χ0v) is 10.2. The molecular formula is C11H11ClN2OS. The molecule has 0 saturated carbocycles. The van der Waals surface area contributed by atoms with Crippen LogP contribution in [0.4, 0.5) is 0 Å². The Labute approximate surface area is 103 Å². The van der Waals surface area contributed by atoms with E-state index in [9.17, 15) is 0 Å². The number of nitrogens with zero attached hydrogens (tertiary/aromatic N) is 2. The van der Waals surface area contributed by atoms with Crippen molar-refractivity contribution >= 4 is 22.9 Å². The van der Waals surface area contributed by atoms with E-state index in [2.05, 4.69) is 16.5 Å². The van der Waals surface area contributed by atoms with Crippen molar-refractivity contribution in [3.05, 3.63) is 39.8 Å². The van der Waals surface area contributed by atoms with E-state index in [0.29, 0.717) is 12.5 Å². The van der Waals surface area contributed by atoms with Crippen molar-refractivity contribution in [1.82, 2.24) is 9.78 Å². The predicted molar refractivity (Wildman–Crippen MR) is 63.6 cm³/mol. The number of hydrogen-bond acceptors (Lipinski definition) is 3. The number of aromatic nitrogens is 2. The Morgan fingerprint density at radius 2 is 2.56 bits per heavy atom. The van der Waals surface area contributed by atoms with Crippen molar-refractivity contribution < 1.29 is 4.74 Å². The summed E-state index contributed by atoms with van der Waals surface area (Å²) in [5, 5.41) is 6.51. The molecule has 5 heteroatoms. The van der Waals surface area contributed by atoms with Gasteiger partial charge in [-0.2, -0.15) is 5.10 Å². The third kappa shape index (κ3) is 1.77. The summed E-state index contributed by atoms with van der Waals surface area (Å²) in [4.78, 5) is 1.26. The van der Waals surface area contributed by atoms with E-state index >= 15 is 0 Å². The summed E-state index contributed by atoms with van der Waals surface area (Å²) in [7, 11) is 0. The molecule has 0 bridgehead atoms.